The van der Waals surface area contributed by atoms with Crippen LogP contribution in [0.1, 0.15) is 16.2 Å². The molecule has 0 aliphatic carbocycles. The molecular weight excluding hydrogens is 418 g/mol. The van der Waals surface area contributed by atoms with Crippen LogP contribution in [0.5, 0.6) is 0 Å². The van der Waals surface area contributed by atoms with Crippen LogP contribution < -0.4 is 5.32 Å². The molecular formula is C25H19N5OS. The molecule has 1 heterocycles. The summed E-state index contributed by atoms with van der Waals surface area (Å²) in [5.41, 5.74) is 2.32. The number of hydrogen-bond donors (Lipinski definition) is 1. The summed E-state index contributed by atoms with van der Waals surface area (Å²) in [6.45, 7) is 0. The monoisotopic (exact) mass is 437 g/mol. The second-order valence-electron chi connectivity index (χ2n) is 7.17. The number of para-hydroxylation sites is 1. The van der Waals surface area contributed by atoms with E-state index in [0.29, 0.717) is 11.3 Å². The van der Waals surface area contributed by atoms with Gasteiger partial charge in [-0.25, -0.2) is 0 Å². The molecule has 0 fully saturated rings. The van der Waals surface area contributed by atoms with Gasteiger partial charge in [-0.3, -0.25) is 4.79 Å². The fourth-order valence-electron chi connectivity index (χ4n) is 3.38. The van der Waals surface area contributed by atoms with Gasteiger partial charge in [-0.15, -0.1) is 16.9 Å². The Bertz CT molecular complexity index is 1370. The van der Waals surface area contributed by atoms with Crippen LogP contribution in [0.25, 0.3) is 16.5 Å². The van der Waals surface area contributed by atoms with Gasteiger partial charge in [-0.1, -0.05) is 48.5 Å². The highest BCUT2D eigenvalue weighted by atomic mass is 32.2. The molecule has 5 rings (SSSR count). The van der Waals surface area contributed by atoms with Crippen molar-refractivity contribution in [2.45, 2.75) is 10.6 Å². The Kier molecular flexibility index (Phi) is 5.63. The number of nitrogens with one attached hydrogen (secondary N) is 1. The van der Waals surface area contributed by atoms with Crippen molar-refractivity contribution in [3.63, 3.8) is 0 Å². The number of thioether (sulfide) groups is 1. The number of benzene rings is 4. The first-order valence-electron chi connectivity index (χ1n) is 10.1. The fraction of sp³-hybridized carbons (Fsp3) is 0.0400. The van der Waals surface area contributed by atoms with Crippen molar-refractivity contribution in [2.75, 3.05) is 5.32 Å². The molecule has 0 saturated heterocycles. The molecule has 5 aromatic rings. The van der Waals surface area contributed by atoms with Crippen LogP contribution in [0, 0.1) is 0 Å². The van der Waals surface area contributed by atoms with Crippen molar-refractivity contribution in [3.8, 4) is 5.69 Å². The Morgan fingerprint density at radius 2 is 1.59 bits per heavy atom. The van der Waals surface area contributed by atoms with Crippen LogP contribution in [-0.2, 0) is 5.75 Å². The molecule has 0 aliphatic heterocycles. The van der Waals surface area contributed by atoms with Gasteiger partial charge in [0.25, 0.3) is 5.91 Å². The molecule has 156 valence electrons. The molecule has 0 radical (unpaired) electrons. The molecule has 0 spiro atoms. The molecule has 32 heavy (non-hydrogen) atoms. The van der Waals surface area contributed by atoms with E-state index < -0.39 is 0 Å². The number of carbonyl (C=O) groups is 1. The van der Waals surface area contributed by atoms with Crippen LogP contribution >= 0.6 is 11.8 Å². The molecule has 0 atom stereocenters. The molecule has 7 heteroatoms. The molecule has 0 unspecified atom stereocenters. The number of nitrogens with zero attached hydrogens (tertiary/aromatic N) is 4. The second kappa shape index (κ2) is 9.03. The quantitative estimate of drug-likeness (QED) is 0.362. The van der Waals surface area contributed by atoms with Gasteiger partial charge >= 0.3 is 0 Å². The molecule has 1 N–H and O–H groups in total. The molecule has 1 aromatic heterocycles. The van der Waals surface area contributed by atoms with Crippen LogP contribution in [0.4, 0.5) is 5.69 Å². The predicted molar refractivity (Wildman–Crippen MR) is 127 cm³/mol. The van der Waals surface area contributed by atoms with Gasteiger partial charge in [-0.2, -0.15) is 4.68 Å². The lowest BCUT2D eigenvalue weighted by molar-refractivity contribution is 0.102. The summed E-state index contributed by atoms with van der Waals surface area (Å²) in [6, 6.07) is 31.3. The van der Waals surface area contributed by atoms with E-state index in [2.05, 4.69) is 20.8 Å². The van der Waals surface area contributed by atoms with Gasteiger partial charge in [0.2, 0.25) is 0 Å². The smallest absolute Gasteiger partial charge is 0.255 e. The zero-order valence-electron chi connectivity index (χ0n) is 17.1. The van der Waals surface area contributed by atoms with E-state index in [9.17, 15) is 4.79 Å². The number of anilines is 1. The molecule has 6 nitrogen and oxygen atoms in total. The van der Waals surface area contributed by atoms with E-state index in [4.69, 9.17) is 0 Å². The Labute approximate surface area is 189 Å². The number of fused-ring (bicyclic) bond motifs is 1. The highest BCUT2D eigenvalue weighted by molar-refractivity contribution is 7.98. The molecule has 0 bridgehead atoms. The summed E-state index contributed by atoms with van der Waals surface area (Å²) in [7, 11) is 0. The lowest BCUT2D eigenvalue weighted by Crippen LogP contribution is -2.11. The van der Waals surface area contributed by atoms with Crippen molar-refractivity contribution >= 4 is 34.1 Å². The first-order valence-corrected chi connectivity index (χ1v) is 11.1. The average molecular weight is 438 g/mol. The maximum Gasteiger partial charge on any atom is 0.255 e. The summed E-state index contributed by atoms with van der Waals surface area (Å²) in [4.78, 5) is 13.7. The second-order valence-corrected chi connectivity index (χ2v) is 8.22. The molecule has 1 amide bonds. The normalized spacial score (nSPS) is 10.9. The highest BCUT2D eigenvalue weighted by Crippen LogP contribution is 2.24. The van der Waals surface area contributed by atoms with E-state index in [1.54, 1.807) is 16.4 Å². The minimum Gasteiger partial charge on any atom is -0.322 e. The van der Waals surface area contributed by atoms with E-state index in [0.717, 1.165) is 32.9 Å². The lowest BCUT2D eigenvalue weighted by Gasteiger charge is -2.08. The topological polar surface area (TPSA) is 72.7 Å². The molecule has 4 aromatic carbocycles. The number of hydrogen-bond acceptors (Lipinski definition) is 5. The predicted octanol–water partition coefficient (Wildman–Crippen LogP) is 5.36. The maximum atomic E-state index is 12.7. The zero-order chi connectivity index (χ0) is 21.8. The first kappa shape index (κ1) is 20.0. The number of carbonyl (C=O) groups excluding carboxylic acids is 1. The Morgan fingerprint density at radius 1 is 0.844 bits per heavy atom. The van der Waals surface area contributed by atoms with Crippen LogP contribution in [0.3, 0.4) is 0 Å². The van der Waals surface area contributed by atoms with Crippen molar-refractivity contribution < 1.29 is 4.79 Å². The fourth-order valence-corrected chi connectivity index (χ4v) is 4.19. The number of rotatable bonds is 6. The van der Waals surface area contributed by atoms with Gasteiger partial charge in [0, 0.05) is 16.1 Å². The van der Waals surface area contributed by atoms with Crippen LogP contribution in [-0.4, -0.2) is 26.1 Å². The highest BCUT2D eigenvalue weighted by Gasteiger charge is 2.10. The largest absolute Gasteiger partial charge is 0.322 e. The summed E-state index contributed by atoms with van der Waals surface area (Å²) in [6.07, 6.45) is 0. The SMILES string of the molecule is O=C(Nc1ccc(SCc2nnnn2-c2ccccc2)cc1)c1ccc2ccccc2c1. The molecule has 0 saturated carbocycles. The van der Waals surface area contributed by atoms with Crippen molar-refractivity contribution in [1.82, 2.24) is 20.2 Å². The third-order valence-electron chi connectivity index (χ3n) is 5.03. The van der Waals surface area contributed by atoms with Crippen molar-refractivity contribution in [2.24, 2.45) is 0 Å². The lowest BCUT2D eigenvalue weighted by atomic mass is 10.1. The van der Waals surface area contributed by atoms with Crippen molar-refractivity contribution in [3.05, 3.63) is 108 Å². The Morgan fingerprint density at radius 3 is 2.41 bits per heavy atom. The zero-order valence-corrected chi connectivity index (χ0v) is 17.9. The minimum absolute atomic E-state index is 0.127. The minimum atomic E-state index is -0.127. The van der Waals surface area contributed by atoms with Crippen molar-refractivity contribution in [1.29, 1.82) is 0 Å². The number of aromatic nitrogens is 4. The van der Waals surface area contributed by atoms with E-state index in [-0.39, 0.29) is 5.91 Å². The summed E-state index contributed by atoms with van der Waals surface area (Å²) in [5.74, 6) is 1.28. The summed E-state index contributed by atoms with van der Waals surface area (Å²) >= 11 is 1.64. The van der Waals surface area contributed by atoms with E-state index in [1.165, 1.54) is 0 Å². The number of amides is 1. The Balaban J connectivity index is 1.23. The standard InChI is InChI=1S/C25H19N5OS/c31-25(20-11-10-18-6-4-5-7-19(18)16-20)26-21-12-14-23(15-13-21)32-17-24-27-28-29-30(24)22-8-2-1-3-9-22/h1-16H,17H2,(H,26,31). The van der Waals surface area contributed by atoms with E-state index in [1.807, 2.05) is 97.1 Å². The van der Waals surface area contributed by atoms with Gasteiger partial charge in [-0.05, 0) is 69.7 Å². The summed E-state index contributed by atoms with van der Waals surface area (Å²) < 4.78 is 1.74. The average Bonchev–Trinajstić information content (AvgIpc) is 3.32. The third kappa shape index (κ3) is 4.38. The first-order chi connectivity index (χ1) is 15.8. The Hall–Kier alpha value is -3.97. The maximum absolute atomic E-state index is 12.7. The molecule has 0 aliphatic rings. The van der Waals surface area contributed by atoms with Crippen LogP contribution in [0.2, 0.25) is 0 Å². The van der Waals surface area contributed by atoms with Gasteiger partial charge < -0.3 is 5.32 Å². The van der Waals surface area contributed by atoms with Gasteiger partial charge in [0.1, 0.15) is 0 Å². The van der Waals surface area contributed by atoms with E-state index >= 15 is 0 Å². The van der Waals surface area contributed by atoms with Gasteiger partial charge in [0.05, 0.1) is 11.4 Å². The summed E-state index contributed by atoms with van der Waals surface area (Å²) in [5, 5.41) is 17.2. The third-order valence-corrected chi connectivity index (χ3v) is 6.03. The number of tetrazole rings is 1. The van der Waals surface area contributed by atoms with Crippen LogP contribution in [0.15, 0.2) is 102 Å². The van der Waals surface area contributed by atoms with Gasteiger partial charge in [0.15, 0.2) is 5.82 Å².